The van der Waals surface area contributed by atoms with Gasteiger partial charge in [0.2, 0.25) is 10.0 Å². The molecule has 3 aliphatic heterocycles. The van der Waals surface area contributed by atoms with E-state index >= 15 is 0 Å². The molecule has 4 heterocycles. The molecule has 7 nitrogen and oxygen atoms in total. The Labute approximate surface area is 165 Å². The number of piperidine rings is 3. The van der Waals surface area contributed by atoms with Crippen LogP contribution in [-0.4, -0.2) is 51.4 Å². The van der Waals surface area contributed by atoms with E-state index < -0.39 is 10.0 Å². The van der Waals surface area contributed by atoms with E-state index in [0.717, 1.165) is 25.9 Å². The minimum atomic E-state index is -3.54. The van der Waals surface area contributed by atoms with Crippen molar-refractivity contribution in [2.24, 2.45) is 5.92 Å². The van der Waals surface area contributed by atoms with Gasteiger partial charge in [0.05, 0.1) is 4.90 Å². The van der Waals surface area contributed by atoms with Crippen LogP contribution in [0, 0.1) is 5.92 Å². The van der Waals surface area contributed by atoms with Crippen LogP contribution in [-0.2, 0) is 10.0 Å². The van der Waals surface area contributed by atoms with Crippen molar-refractivity contribution in [2.75, 3.05) is 20.1 Å². The van der Waals surface area contributed by atoms with Crippen molar-refractivity contribution in [1.82, 2.24) is 14.9 Å². The molecule has 8 heteroatoms. The summed E-state index contributed by atoms with van der Waals surface area (Å²) in [6, 6.07) is 10.2. The number of carbonyl (C=O) groups is 1. The van der Waals surface area contributed by atoms with Gasteiger partial charge in [-0.25, -0.2) is 13.1 Å². The van der Waals surface area contributed by atoms with Crippen LogP contribution in [0.5, 0.6) is 0 Å². The molecular formula is C20H25N3O4S. The molecule has 3 fully saturated rings. The third kappa shape index (κ3) is 3.47. The summed E-state index contributed by atoms with van der Waals surface area (Å²) in [5.41, 5.74) is 0.603. The number of fused-ring (bicyclic) bond motifs is 3. The van der Waals surface area contributed by atoms with Gasteiger partial charge in [-0.3, -0.25) is 9.69 Å². The van der Waals surface area contributed by atoms with Crippen LogP contribution in [0.25, 0.3) is 11.3 Å². The van der Waals surface area contributed by atoms with Crippen molar-refractivity contribution < 1.29 is 17.6 Å². The van der Waals surface area contributed by atoms with Gasteiger partial charge >= 0.3 is 0 Å². The predicted octanol–water partition coefficient (Wildman–Crippen LogP) is 2.07. The monoisotopic (exact) mass is 403 g/mol. The molecule has 28 heavy (non-hydrogen) atoms. The summed E-state index contributed by atoms with van der Waals surface area (Å²) >= 11 is 0. The second-order valence-corrected chi connectivity index (χ2v) is 9.40. The summed E-state index contributed by atoms with van der Waals surface area (Å²) in [5.74, 6) is 0.985. The number of rotatable bonds is 5. The van der Waals surface area contributed by atoms with Crippen LogP contribution in [0.2, 0.25) is 0 Å². The fourth-order valence-corrected chi connectivity index (χ4v) is 5.09. The van der Waals surface area contributed by atoms with E-state index in [1.54, 1.807) is 24.3 Å². The SMILES string of the molecule is CNS(=O)(=O)c1cccc(-c2ccc(C(=O)NC3C4CCN(CC4)C3C)o2)c1. The summed E-state index contributed by atoms with van der Waals surface area (Å²) in [4.78, 5) is 15.3. The molecule has 1 amide bonds. The number of benzene rings is 1. The summed E-state index contributed by atoms with van der Waals surface area (Å²) in [6.07, 6.45) is 2.23. The first-order chi connectivity index (χ1) is 13.4. The Balaban J connectivity index is 1.52. The lowest BCUT2D eigenvalue weighted by Crippen LogP contribution is -2.62. The Morgan fingerprint density at radius 3 is 2.61 bits per heavy atom. The molecule has 3 saturated heterocycles. The van der Waals surface area contributed by atoms with Gasteiger partial charge in [0, 0.05) is 17.6 Å². The van der Waals surface area contributed by atoms with Crippen molar-refractivity contribution in [3.63, 3.8) is 0 Å². The fraction of sp³-hybridized carbons (Fsp3) is 0.450. The molecule has 1 aromatic carbocycles. The van der Waals surface area contributed by atoms with Crippen LogP contribution < -0.4 is 10.0 Å². The van der Waals surface area contributed by atoms with Gasteiger partial charge in [-0.1, -0.05) is 12.1 Å². The number of amides is 1. The van der Waals surface area contributed by atoms with Gasteiger partial charge in [-0.05, 0) is 70.1 Å². The number of nitrogens with one attached hydrogen (secondary N) is 2. The predicted molar refractivity (Wildman–Crippen MR) is 105 cm³/mol. The molecule has 2 N–H and O–H groups in total. The lowest BCUT2D eigenvalue weighted by atomic mass is 9.79. The van der Waals surface area contributed by atoms with Gasteiger partial charge in [0.1, 0.15) is 5.76 Å². The maximum atomic E-state index is 12.7. The molecule has 0 aliphatic carbocycles. The largest absolute Gasteiger partial charge is 0.451 e. The average Bonchev–Trinajstić information content (AvgIpc) is 3.21. The van der Waals surface area contributed by atoms with E-state index in [9.17, 15) is 13.2 Å². The van der Waals surface area contributed by atoms with E-state index in [0.29, 0.717) is 23.3 Å². The van der Waals surface area contributed by atoms with Crippen LogP contribution in [0.4, 0.5) is 0 Å². The smallest absolute Gasteiger partial charge is 0.287 e. The lowest BCUT2D eigenvalue weighted by molar-refractivity contribution is 0.0211. The topological polar surface area (TPSA) is 91.6 Å². The van der Waals surface area contributed by atoms with Crippen LogP contribution in [0.1, 0.15) is 30.3 Å². The highest BCUT2D eigenvalue weighted by Crippen LogP contribution is 2.32. The number of hydrogen-bond donors (Lipinski definition) is 2. The number of sulfonamides is 1. The zero-order chi connectivity index (χ0) is 19.9. The number of carbonyl (C=O) groups excluding carboxylic acids is 1. The lowest BCUT2D eigenvalue weighted by Gasteiger charge is -2.49. The van der Waals surface area contributed by atoms with E-state index in [-0.39, 0.29) is 22.6 Å². The highest BCUT2D eigenvalue weighted by Gasteiger charge is 2.40. The first-order valence-corrected chi connectivity index (χ1v) is 11.1. The highest BCUT2D eigenvalue weighted by molar-refractivity contribution is 7.89. The van der Waals surface area contributed by atoms with Gasteiger partial charge in [-0.2, -0.15) is 0 Å². The molecule has 2 unspecified atom stereocenters. The molecule has 2 atom stereocenters. The molecule has 0 spiro atoms. The van der Waals surface area contributed by atoms with Gasteiger partial charge in [-0.15, -0.1) is 0 Å². The van der Waals surface area contributed by atoms with Gasteiger partial charge < -0.3 is 9.73 Å². The second-order valence-electron chi connectivity index (χ2n) is 7.51. The van der Waals surface area contributed by atoms with Gasteiger partial charge in [0.25, 0.3) is 5.91 Å². The van der Waals surface area contributed by atoms with Crippen molar-refractivity contribution >= 4 is 15.9 Å². The second kappa shape index (κ2) is 7.35. The summed E-state index contributed by atoms with van der Waals surface area (Å²) in [5, 5.41) is 3.15. The minimum absolute atomic E-state index is 0.132. The summed E-state index contributed by atoms with van der Waals surface area (Å²) in [7, 11) is -2.18. The Morgan fingerprint density at radius 2 is 1.93 bits per heavy atom. The summed E-state index contributed by atoms with van der Waals surface area (Å²) < 4.78 is 32.1. The standard InChI is InChI=1S/C20H25N3O4S/c1-13-19(14-8-10-23(13)11-9-14)22-20(24)18-7-6-17(27-18)15-4-3-5-16(12-15)28(25,26)21-2/h3-7,12-14,19,21H,8-11H2,1-2H3,(H,22,24). The number of furan rings is 1. The Morgan fingerprint density at radius 1 is 1.18 bits per heavy atom. The molecule has 5 rings (SSSR count). The molecule has 3 aliphatic rings. The molecule has 0 radical (unpaired) electrons. The summed E-state index contributed by atoms with van der Waals surface area (Å²) in [6.45, 7) is 4.38. The Kier molecular flexibility index (Phi) is 5.03. The zero-order valence-electron chi connectivity index (χ0n) is 16.0. The van der Waals surface area contributed by atoms with Crippen molar-refractivity contribution in [2.45, 2.75) is 36.7 Å². The quantitative estimate of drug-likeness (QED) is 0.797. The Hall–Kier alpha value is -2.16. The van der Waals surface area contributed by atoms with Crippen molar-refractivity contribution in [3.8, 4) is 11.3 Å². The third-order valence-corrected chi connectivity index (χ3v) is 7.41. The zero-order valence-corrected chi connectivity index (χ0v) is 16.8. The molecule has 2 bridgehead atoms. The highest BCUT2D eigenvalue weighted by atomic mass is 32.2. The molecule has 1 aromatic heterocycles. The van der Waals surface area contributed by atoms with Crippen LogP contribution in [0.15, 0.2) is 45.7 Å². The van der Waals surface area contributed by atoms with E-state index in [1.165, 1.54) is 19.2 Å². The average molecular weight is 404 g/mol. The van der Waals surface area contributed by atoms with E-state index in [1.807, 2.05) is 0 Å². The van der Waals surface area contributed by atoms with Crippen LogP contribution in [0.3, 0.4) is 0 Å². The number of nitrogens with zero attached hydrogens (tertiary/aromatic N) is 1. The fourth-order valence-electron chi connectivity index (χ4n) is 4.32. The molecule has 0 saturated carbocycles. The molecular weight excluding hydrogens is 378 g/mol. The number of hydrogen-bond acceptors (Lipinski definition) is 5. The van der Waals surface area contributed by atoms with Gasteiger partial charge in [0.15, 0.2) is 5.76 Å². The maximum Gasteiger partial charge on any atom is 0.287 e. The first-order valence-electron chi connectivity index (χ1n) is 9.58. The van der Waals surface area contributed by atoms with Crippen molar-refractivity contribution in [1.29, 1.82) is 0 Å². The molecule has 150 valence electrons. The Bertz CT molecular complexity index is 975. The third-order valence-electron chi connectivity index (χ3n) is 6.00. The van der Waals surface area contributed by atoms with E-state index in [2.05, 4.69) is 21.9 Å². The maximum absolute atomic E-state index is 12.7. The van der Waals surface area contributed by atoms with Crippen LogP contribution >= 0.6 is 0 Å². The first kappa shape index (κ1) is 19.2. The van der Waals surface area contributed by atoms with Crippen molar-refractivity contribution in [3.05, 3.63) is 42.2 Å². The van der Waals surface area contributed by atoms with E-state index in [4.69, 9.17) is 4.42 Å². The molecule has 2 aromatic rings. The normalized spacial score (nSPS) is 26.9. The minimum Gasteiger partial charge on any atom is -0.451 e.